The molecule has 1 saturated heterocycles. The van der Waals surface area contributed by atoms with Crippen molar-refractivity contribution in [2.24, 2.45) is 0 Å². The normalized spacial score (nSPS) is 15.1. The predicted octanol–water partition coefficient (Wildman–Crippen LogP) is 3.22. The highest BCUT2D eigenvalue weighted by Crippen LogP contribution is 2.34. The number of hydrogen-bond acceptors (Lipinski definition) is 4. The lowest BCUT2D eigenvalue weighted by Gasteiger charge is -2.22. The quantitative estimate of drug-likeness (QED) is 0.876. The Morgan fingerprint density at radius 1 is 1.26 bits per heavy atom. The third-order valence-electron chi connectivity index (χ3n) is 4.51. The van der Waals surface area contributed by atoms with Gasteiger partial charge in [0.1, 0.15) is 5.01 Å². The summed E-state index contributed by atoms with van der Waals surface area (Å²) in [6.45, 7) is 6.10. The number of aromatic nitrogens is 1. The second kappa shape index (κ2) is 6.32. The number of carbonyl (C=O) groups is 1. The second-order valence-corrected chi connectivity index (χ2v) is 7.51. The Morgan fingerprint density at radius 3 is 2.57 bits per heavy atom. The van der Waals surface area contributed by atoms with Crippen LogP contribution in [0.25, 0.3) is 0 Å². The van der Waals surface area contributed by atoms with Gasteiger partial charge in [-0.25, -0.2) is 4.98 Å². The highest BCUT2D eigenvalue weighted by molar-refractivity contribution is 7.09. The number of thiazole rings is 1. The van der Waals surface area contributed by atoms with Crippen molar-refractivity contribution >= 4 is 22.9 Å². The minimum absolute atomic E-state index is 0.187. The van der Waals surface area contributed by atoms with Gasteiger partial charge in [0.25, 0.3) is 0 Å². The minimum Gasteiger partial charge on any atom is -0.399 e. The zero-order valence-corrected chi connectivity index (χ0v) is 14.5. The molecule has 0 bridgehead atoms. The first-order valence-electron chi connectivity index (χ1n) is 8.05. The number of anilines is 1. The molecule has 23 heavy (non-hydrogen) atoms. The number of nitrogens with zero attached hydrogens (tertiary/aromatic N) is 2. The molecule has 0 aliphatic carbocycles. The average Bonchev–Trinajstić information content (AvgIpc) is 3.19. The number of carbonyl (C=O) groups excluding carboxylic acids is 1. The molecule has 0 unspecified atom stereocenters. The van der Waals surface area contributed by atoms with Crippen molar-refractivity contribution in [1.82, 2.24) is 9.88 Å². The largest absolute Gasteiger partial charge is 0.399 e. The van der Waals surface area contributed by atoms with E-state index in [4.69, 9.17) is 10.7 Å². The molecule has 3 rings (SSSR count). The highest BCUT2D eigenvalue weighted by atomic mass is 32.1. The number of hydrogen-bond donors (Lipinski definition) is 1. The highest BCUT2D eigenvalue weighted by Gasteiger charge is 2.27. The first-order chi connectivity index (χ1) is 11.0. The predicted molar refractivity (Wildman–Crippen MR) is 94.6 cm³/mol. The Bertz CT molecular complexity index is 685. The lowest BCUT2D eigenvalue weighted by Crippen LogP contribution is -2.29. The monoisotopic (exact) mass is 329 g/mol. The van der Waals surface area contributed by atoms with Gasteiger partial charge in [0, 0.05) is 29.6 Å². The molecule has 1 aliphatic heterocycles. The van der Waals surface area contributed by atoms with Crippen molar-refractivity contribution in [1.29, 1.82) is 0 Å². The summed E-state index contributed by atoms with van der Waals surface area (Å²) in [7, 11) is 0. The fraction of sp³-hybridized carbons (Fsp3) is 0.444. The number of nitrogens with two attached hydrogens (primary N) is 1. The zero-order valence-electron chi connectivity index (χ0n) is 13.7. The minimum atomic E-state index is -0.187. The number of likely N-dealkylation sites (tertiary alicyclic amines) is 1. The zero-order chi connectivity index (χ0) is 16.4. The van der Waals surface area contributed by atoms with Crippen LogP contribution in [-0.4, -0.2) is 28.9 Å². The van der Waals surface area contributed by atoms with Crippen molar-refractivity contribution in [3.05, 3.63) is 45.9 Å². The molecular formula is C18H23N3OS. The van der Waals surface area contributed by atoms with Gasteiger partial charge >= 0.3 is 0 Å². The third kappa shape index (κ3) is 3.39. The van der Waals surface area contributed by atoms with E-state index < -0.39 is 0 Å². The molecule has 122 valence electrons. The van der Waals surface area contributed by atoms with Gasteiger partial charge in [-0.1, -0.05) is 12.1 Å². The van der Waals surface area contributed by atoms with Gasteiger partial charge in [0.15, 0.2) is 0 Å². The summed E-state index contributed by atoms with van der Waals surface area (Å²) in [5.41, 5.74) is 8.41. The summed E-state index contributed by atoms with van der Waals surface area (Å²) in [5, 5.41) is 3.05. The molecule has 1 aliphatic rings. The van der Waals surface area contributed by atoms with Crippen LogP contribution < -0.4 is 5.73 Å². The van der Waals surface area contributed by atoms with Crippen LogP contribution >= 0.6 is 11.3 Å². The molecule has 0 saturated carbocycles. The summed E-state index contributed by atoms with van der Waals surface area (Å²) in [6, 6.07) is 7.93. The van der Waals surface area contributed by atoms with Crippen LogP contribution in [0.4, 0.5) is 5.69 Å². The summed E-state index contributed by atoms with van der Waals surface area (Å²) in [6.07, 6.45) is 2.66. The van der Waals surface area contributed by atoms with Crippen molar-refractivity contribution < 1.29 is 4.79 Å². The third-order valence-corrected chi connectivity index (χ3v) is 5.72. The summed E-state index contributed by atoms with van der Waals surface area (Å²) < 4.78 is 0. The molecule has 1 aromatic heterocycles. The molecule has 2 aromatic rings. The summed E-state index contributed by atoms with van der Waals surface area (Å²) >= 11 is 1.63. The molecule has 1 amide bonds. The van der Waals surface area contributed by atoms with Crippen molar-refractivity contribution in [2.45, 2.75) is 38.5 Å². The molecule has 2 heterocycles. The molecule has 0 radical (unpaired) electrons. The fourth-order valence-corrected chi connectivity index (χ4v) is 3.90. The van der Waals surface area contributed by atoms with Gasteiger partial charge in [-0.3, -0.25) is 4.79 Å². The van der Waals surface area contributed by atoms with Crippen molar-refractivity contribution in [3.63, 3.8) is 0 Å². The van der Waals surface area contributed by atoms with Crippen molar-refractivity contribution in [2.75, 3.05) is 18.8 Å². The smallest absolute Gasteiger partial charge is 0.228 e. The maximum absolute atomic E-state index is 12.3. The van der Waals surface area contributed by atoms with Gasteiger partial charge in [0.2, 0.25) is 5.91 Å². The van der Waals surface area contributed by atoms with E-state index in [0.29, 0.717) is 6.42 Å². The van der Waals surface area contributed by atoms with Gasteiger partial charge in [0.05, 0.1) is 12.1 Å². The molecule has 1 fully saturated rings. The Kier molecular flexibility index (Phi) is 4.39. The molecular weight excluding hydrogens is 306 g/mol. The first-order valence-corrected chi connectivity index (χ1v) is 8.93. The van der Waals surface area contributed by atoms with Gasteiger partial charge in [-0.05, 0) is 44.4 Å². The van der Waals surface area contributed by atoms with Crippen LogP contribution in [0, 0.1) is 0 Å². The number of nitrogen functional groups attached to an aromatic ring is 1. The first kappa shape index (κ1) is 16.0. The maximum Gasteiger partial charge on any atom is 0.228 e. The van der Waals surface area contributed by atoms with E-state index >= 15 is 0 Å². The molecule has 1 aromatic carbocycles. The van der Waals surface area contributed by atoms with Crippen molar-refractivity contribution in [3.8, 4) is 0 Å². The number of rotatable bonds is 4. The van der Waals surface area contributed by atoms with Crippen LogP contribution in [0.2, 0.25) is 0 Å². The fourth-order valence-electron chi connectivity index (χ4n) is 2.93. The topological polar surface area (TPSA) is 59.2 Å². The number of benzene rings is 1. The SMILES string of the molecule is CC(C)(c1ccc(N)cc1)c1nc(CC(=O)N2CCCC2)cs1. The van der Waals surface area contributed by atoms with E-state index in [1.54, 1.807) is 11.3 Å². The molecule has 0 atom stereocenters. The van der Waals surface area contributed by atoms with Gasteiger partial charge in [-0.15, -0.1) is 11.3 Å². The van der Waals surface area contributed by atoms with E-state index in [2.05, 4.69) is 13.8 Å². The van der Waals surface area contributed by atoms with Crippen LogP contribution in [0.15, 0.2) is 29.6 Å². The molecule has 5 heteroatoms. The second-order valence-electron chi connectivity index (χ2n) is 6.66. The van der Waals surface area contributed by atoms with E-state index in [-0.39, 0.29) is 11.3 Å². The standard InChI is InChI=1S/C18H23N3OS/c1-18(2,13-5-7-14(19)8-6-13)17-20-15(12-23-17)11-16(22)21-9-3-4-10-21/h5-8,12H,3-4,9-11,19H2,1-2H3. The van der Waals surface area contributed by atoms with Gasteiger partial charge in [-0.2, -0.15) is 0 Å². The average molecular weight is 329 g/mol. The van der Waals surface area contributed by atoms with E-state index in [1.165, 1.54) is 5.56 Å². The van der Waals surface area contributed by atoms with E-state index in [9.17, 15) is 4.79 Å². The molecule has 0 spiro atoms. The Morgan fingerprint density at radius 2 is 1.91 bits per heavy atom. The van der Waals surface area contributed by atoms with Crippen LogP contribution in [0.1, 0.15) is 43.0 Å². The van der Waals surface area contributed by atoms with Gasteiger partial charge < -0.3 is 10.6 Å². The lowest BCUT2D eigenvalue weighted by atomic mass is 9.85. The Balaban J connectivity index is 1.75. The summed E-state index contributed by atoms with van der Waals surface area (Å²) in [4.78, 5) is 18.9. The number of amides is 1. The van der Waals surface area contributed by atoms with Crippen LogP contribution in [0.3, 0.4) is 0 Å². The van der Waals surface area contributed by atoms with E-state index in [0.717, 1.165) is 42.3 Å². The molecule has 2 N–H and O–H groups in total. The summed E-state index contributed by atoms with van der Waals surface area (Å²) in [5.74, 6) is 0.199. The van der Waals surface area contributed by atoms with E-state index in [1.807, 2.05) is 34.5 Å². The Hall–Kier alpha value is -1.88. The maximum atomic E-state index is 12.3. The molecule has 4 nitrogen and oxygen atoms in total. The van der Waals surface area contributed by atoms with Crippen LogP contribution in [0.5, 0.6) is 0 Å². The van der Waals surface area contributed by atoms with Crippen LogP contribution in [-0.2, 0) is 16.6 Å². The lowest BCUT2D eigenvalue weighted by molar-refractivity contribution is -0.129. The Labute approximate surface area is 141 Å².